The number of nitrogens with one attached hydrogen (secondary N) is 2. The van der Waals surface area contributed by atoms with Gasteiger partial charge >= 0.3 is 0 Å². The van der Waals surface area contributed by atoms with Crippen LogP contribution in [0.2, 0.25) is 0 Å². The molecule has 0 radical (unpaired) electrons. The molecule has 0 atom stereocenters. The number of benzene rings is 2. The van der Waals surface area contributed by atoms with E-state index in [1.54, 1.807) is 19.4 Å². The lowest BCUT2D eigenvalue weighted by Gasteiger charge is -2.08. The maximum absolute atomic E-state index is 13.6. The zero-order valence-electron chi connectivity index (χ0n) is 12.3. The fourth-order valence-corrected chi connectivity index (χ4v) is 2.50. The smallest absolute Gasteiger partial charge is 0.229 e. The van der Waals surface area contributed by atoms with Gasteiger partial charge in [-0.1, -0.05) is 12.1 Å². The van der Waals surface area contributed by atoms with Crippen molar-refractivity contribution in [2.24, 2.45) is 0 Å². The third-order valence-electron chi connectivity index (χ3n) is 3.55. The number of amides is 1. The molecule has 4 nitrogen and oxygen atoms in total. The average molecular weight is 316 g/mol. The van der Waals surface area contributed by atoms with Gasteiger partial charge in [-0.05, 0) is 29.8 Å². The van der Waals surface area contributed by atoms with Gasteiger partial charge in [0.1, 0.15) is 23.1 Å². The minimum atomic E-state index is -0.810. The van der Waals surface area contributed by atoms with Gasteiger partial charge < -0.3 is 15.0 Å². The number of anilines is 1. The topological polar surface area (TPSA) is 54.1 Å². The largest absolute Gasteiger partial charge is 0.496 e. The molecule has 6 heteroatoms. The number of halogens is 2. The molecule has 0 fully saturated rings. The minimum Gasteiger partial charge on any atom is -0.496 e. The van der Waals surface area contributed by atoms with Crippen molar-refractivity contribution >= 4 is 22.5 Å². The van der Waals surface area contributed by atoms with Crippen molar-refractivity contribution in [3.63, 3.8) is 0 Å². The molecule has 0 unspecified atom stereocenters. The van der Waals surface area contributed by atoms with Crippen molar-refractivity contribution in [2.45, 2.75) is 6.42 Å². The van der Waals surface area contributed by atoms with Crippen molar-refractivity contribution in [3.8, 4) is 5.75 Å². The van der Waals surface area contributed by atoms with Crippen LogP contribution in [0.5, 0.6) is 5.75 Å². The number of aromatic amines is 1. The van der Waals surface area contributed by atoms with Crippen LogP contribution in [0.4, 0.5) is 14.5 Å². The Balaban J connectivity index is 1.86. The predicted octanol–water partition coefficient (Wildman–Crippen LogP) is 3.64. The monoisotopic (exact) mass is 316 g/mol. The van der Waals surface area contributed by atoms with Crippen LogP contribution in [0.1, 0.15) is 5.56 Å². The van der Waals surface area contributed by atoms with Crippen LogP contribution in [0.3, 0.4) is 0 Å². The van der Waals surface area contributed by atoms with Crippen molar-refractivity contribution < 1.29 is 18.3 Å². The summed E-state index contributed by atoms with van der Waals surface area (Å²) < 4.78 is 32.5. The quantitative estimate of drug-likeness (QED) is 0.772. The van der Waals surface area contributed by atoms with E-state index in [1.165, 1.54) is 6.07 Å². The molecule has 2 aromatic carbocycles. The Kier molecular flexibility index (Phi) is 3.97. The summed E-state index contributed by atoms with van der Waals surface area (Å²) in [6.45, 7) is 0. The van der Waals surface area contributed by atoms with E-state index >= 15 is 0 Å². The first-order valence-electron chi connectivity index (χ1n) is 6.97. The fraction of sp³-hybridized carbons (Fsp3) is 0.118. The van der Waals surface area contributed by atoms with Crippen LogP contribution in [0, 0.1) is 11.6 Å². The highest BCUT2D eigenvalue weighted by Gasteiger charge is 2.15. The second-order valence-corrected chi connectivity index (χ2v) is 5.02. The van der Waals surface area contributed by atoms with Crippen LogP contribution in [-0.4, -0.2) is 18.0 Å². The number of rotatable bonds is 4. The molecule has 1 aromatic heterocycles. The molecular weight excluding hydrogens is 302 g/mol. The lowest BCUT2D eigenvalue weighted by Crippen LogP contribution is -2.16. The SMILES string of the molecule is COc1cccc2[nH]cc(CC(=O)Nc3c(F)cccc3F)c12. The number of hydrogen-bond acceptors (Lipinski definition) is 2. The summed E-state index contributed by atoms with van der Waals surface area (Å²) in [6.07, 6.45) is 1.65. The maximum Gasteiger partial charge on any atom is 0.229 e. The fourth-order valence-electron chi connectivity index (χ4n) is 2.50. The number of carbonyl (C=O) groups excluding carboxylic acids is 1. The number of para-hydroxylation sites is 1. The molecule has 0 bridgehead atoms. The maximum atomic E-state index is 13.6. The Morgan fingerprint density at radius 1 is 1.17 bits per heavy atom. The van der Waals surface area contributed by atoms with Crippen LogP contribution in [0.25, 0.3) is 10.9 Å². The number of fused-ring (bicyclic) bond motifs is 1. The molecular formula is C17H14F2N2O2. The second-order valence-electron chi connectivity index (χ2n) is 5.02. The van der Waals surface area contributed by atoms with Gasteiger partial charge in [-0.15, -0.1) is 0 Å². The number of H-pyrrole nitrogens is 1. The van der Waals surface area contributed by atoms with Crippen molar-refractivity contribution in [1.29, 1.82) is 0 Å². The first kappa shape index (κ1) is 15.0. The second kappa shape index (κ2) is 6.08. The Morgan fingerprint density at radius 3 is 2.57 bits per heavy atom. The number of aromatic nitrogens is 1. The first-order chi connectivity index (χ1) is 11.1. The third kappa shape index (κ3) is 2.88. The van der Waals surface area contributed by atoms with E-state index in [1.807, 2.05) is 12.1 Å². The van der Waals surface area contributed by atoms with E-state index in [4.69, 9.17) is 4.74 Å². The molecule has 0 aliphatic heterocycles. The summed E-state index contributed by atoms with van der Waals surface area (Å²) in [5, 5.41) is 3.05. The number of methoxy groups -OCH3 is 1. The van der Waals surface area contributed by atoms with E-state index in [0.29, 0.717) is 11.3 Å². The van der Waals surface area contributed by atoms with Gasteiger partial charge in [-0.3, -0.25) is 4.79 Å². The lowest BCUT2D eigenvalue weighted by atomic mass is 10.1. The van der Waals surface area contributed by atoms with E-state index in [9.17, 15) is 13.6 Å². The Labute approximate surface area is 131 Å². The van der Waals surface area contributed by atoms with E-state index in [2.05, 4.69) is 10.3 Å². The van der Waals surface area contributed by atoms with Gasteiger partial charge in [0.05, 0.1) is 13.5 Å². The molecule has 0 saturated heterocycles. The van der Waals surface area contributed by atoms with Crippen LogP contribution >= 0.6 is 0 Å². The van der Waals surface area contributed by atoms with Gasteiger partial charge in [0.2, 0.25) is 5.91 Å². The summed E-state index contributed by atoms with van der Waals surface area (Å²) in [5.74, 6) is -1.51. The summed E-state index contributed by atoms with van der Waals surface area (Å²) in [6, 6.07) is 8.89. The molecule has 23 heavy (non-hydrogen) atoms. The molecule has 3 rings (SSSR count). The van der Waals surface area contributed by atoms with E-state index in [0.717, 1.165) is 23.0 Å². The zero-order chi connectivity index (χ0) is 16.4. The molecule has 2 N–H and O–H groups in total. The number of carbonyl (C=O) groups is 1. The van der Waals surface area contributed by atoms with Crippen molar-refractivity contribution in [2.75, 3.05) is 12.4 Å². The Hall–Kier alpha value is -2.89. The standard InChI is InChI=1S/C17H14F2N2O2/c1-23-14-7-3-6-13-16(14)10(9-20-13)8-15(22)21-17-11(18)4-2-5-12(17)19/h2-7,9,20H,8H2,1H3,(H,21,22). The molecule has 0 saturated carbocycles. The molecule has 1 amide bonds. The van der Waals surface area contributed by atoms with Crippen LogP contribution < -0.4 is 10.1 Å². The Morgan fingerprint density at radius 2 is 1.87 bits per heavy atom. The zero-order valence-corrected chi connectivity index (χ0v) is 12.3. The summed E-state index contributed by atoms with van der Waals surface area (Å²) in [4.78, 5) is 15.2. The highest BCUT2D eigenvalue weighted by molar-refractivity contribution is 5.97. The lowest BCUT2D eigenvalue weighted by molar-refractivity contribution is -0.115. The number of ether oxygens (including phenoxy) is 1. The summed E-state index contributed by atoms with van der Waals surface area (Å²) in [5.41, 5.74) is 1.07. The molecule has 3 aromatic rings. The van der Waals surface area contributed by atoms with Gasteiger partial charge in [-0.2, -0.15) is 0 Å². The molecule has 118 valence electrons. The van der Waals surface area contributed by atoms with Gasteiger partial charge in [-0.25, -0.2) is 8.78 Å². The molecule has 1 heterocycles. The minimum absolute atomic E-state index is 0.0336. The normalized spacial score (nSPS) is 10.7. The van der Waals surface area contributed by atoms with Crippen molar-refractivity contribution in [3.05, 3.63) is 59.8 Å². The van der Waals surface area contributed by atoms with E-state index in [-0.39, 0.29) is 6.42 Å². The highest BCUT2D eigenvalue weighted by atomic mass is 19.1. The molecule has 0 spiro atoms. The van der Waals surface area contributed by atoms with Crippen molar-refractivity contribution in [1.82, 2.24) is 4.98 Å². The van der Waals surface area contributed by atoms with Gasteiger partial charge in [0.15, 0.2) is 0 Å². The van der Waals surface area contributed by atoms with Crippen LogP contribution in [-0.2, 0) is 11.2 Å². The van der Waals surface area contributed by atoms with Gasteiger partial charge in [0, 0.05) is 17.1 Å². The number of hydrogen-bond donors (Lipinski definition) is 2. The average Bonchev–Trinajstić information content (AvgIpc) is 2.94. The summed E-state index contributed by atoms with van der Waals surface area (Å²) >= 11 is 0. The summed E-state index contributed by atoms with van der Waals surface area (Å²) in [7, 11) is 1.54. The molecule has 0 aliphatic carbocycles. The first-order valence-corrected chi connectivity index (χ1v) is 6.97. The third-order valence-corrected chi connectivity index (χ3v) is 3.55. The van der Waals surface area contributed by atoms with E-state index < -0.39 is 23.2 Å². The predicted molar refractivity (Wildman–Crippen MR) is 83.5 cm³/mol. The van der Waals surface area contributed by atoms with Crippen LogP contribution in [0.15, 0.2) is 42.6 Å². The molecule has 0 aliphatic rings. The Bertz CT molecular complexity index is 854. The highest BCUT2D eigenvalue weighted by Crippen LogP contribution is 2.29. The van der Waals surface area contributed by atoms with Gasteiger partial charge in [0.25, 0.3) is 0 Å².